The molecule has 0 aliphatic rings. The fraction of sp³-hybridized carbons (Fsp3) is 0.467. The minimum Gasteiger partial charge on any atom is -0.492 e. The van der Waals surface area contributed by atoms with Gasteiger partial charge in [-0.05, 0) is 24.6 Å². The van der Waals surface area contributed by atoms with Crippen molar-refractivity contribution >= 4 is 0 Å². The van der Waals surface area contributed by atoms with Crippen LogP contribution in [0.4, 0.5) is 0 Å². The Hall–Kier alpha value is -1.88. The average Bonchev–Trinajstić information content (AvgIpc) is 2.89. The van der Waals surface area contributed by atoms with Gasteiger partial charge in [0.1, 0.15) is 5.75 Å². The van der Waals surface area contributed by atoms with Gasteiger partial charge in [0.05, 0.1) is 25.0 Å². The second-order valence-electron chi connectivity index (χ2n) is 4.74. The molecule has 0 saturated carbocycles. The Kier molecular flexibility index (Phi) is 5.12. The van der Waals surface area contributed by atoms with E-state index in [-0.39, 0.29) is 6.04 Å². The third kappa shape index (κ3) is 3.57. The standard InChI is InChI=1S/C15H22N4O/c1-4-6-20-14-7-12(8-16-10-14)15(17-5-2)13-9-18-19(3)11-13/h7-11,15,17H,4-6H2,1-3H3. The van der Waals surface area contributed by atoms with Crippen LogP contribution in [0.2, 0.25) is 0 Å². The van der Waals surface area contributed by atoms with Crippen LogP contribution in [0.5, 0.6) is 5.75 Å². The maximum absolute atomic E-state index is 5.65. The Morgan fingerprint density at radius 1 is 1.25 bits per heavy atom. The first-order valence-corrected chi connectivity index (χ1v) is 7.04. The van der Waals surface area contributed by atoms with Crippen molar-refractivity contribution in [3.05, 3.63) is 42.0 Å². The van der Waals surface area contributed by atoms with Crippen molar-refractivity contribution in [3.8, 4) is 5.75 Å². The lowest BCUT2D eigenvalue weighted by molar-refractivity contribution is 0.315. The largest absolute Gasteiger partial charge is 0.492 e. The van der Waals surface area contributed by atoms with Crippen molar-refractivity contribution in [1.29, 1.82) is 0 Å². The van der Waals surface area contributed by atoms with Gasteiger partial charge in [0, 0.05) is 25.0 Å². The number of ether oxygens (including phenoxy) is 1. The van der Waals surface area contributed by atoms with E-state index in [4.69, 9.17) is 4.74 Å². The van der Waals surface area contributed by atoms with E-state index in [0.29, 0.717) is 6.61 Å². The minimum atomic E-state index is 0.0892. The molecule has 0 radical (unpaired) electrons. The average molecular weight is 274 g/mol. The van der Waals surface area contributed by atoms with Crippen LogP contribution < -0.4 is 10.1 Å². The lowest BCUT2D eigenvalue weighted by Gasteiger charge is -2.17. The van der Waals surface area contributed by atoms with Crippen LogP contribution in [0.3, 0.4) is 0 Å². The second-order valence-corrected chi connectivity index (χ2v) is 4.74. The fourth-order valence-electron chi connectivity index (χ4n) is 2.11. The molecule has 0 aromatic carbocycles. The number of nitrogens with zero attached hydrogens (tertiary/aromatic N) is 3. The van der Waals surface area contributed by atoms with E-state index >= 15 is 0 Å². The van der Waals surface area contributed by atoms with Gasteiger partial charge in [-0.1, -0.05) is 13.8 Å². The van der Waals surface area contributed by atoms with Gasteiger partial charge in [-0.3, -0.25) is 9.67 Å². The smallest absolute Gasteiger partial charge is 0.137 e. The molecule has 1 atom stereocenters. The third-order valence-corrected chi connectivity index (χ3v) is 3.01. The Morgan fingerprint density at radius 3 is 2.75 bits per heavy atom. The third-order valence-electron chi connectivity index (χ3n) is 3.01. The fourth-order valence-corrected chi connectivity index (χ4v) is 2.11. The predicted molar refractivity (Wildman–Crippen MR) is 78.8 cm³/mol. The quantitative estimate of drug-likeness (QED) is 0.841. The predicted octanol–water partition coefficient (Wildman–Crippen LogP) is 2.30. The normalized spacial score (nSPS) is 12.3. The van der Waals surface area contributed by atoms with Gasteiger partial charge in [0.15, 0.2) is 0 Å². The summed E-state index contributed by atoms with van der Waals surface area (Å²) in [6.07, 6.45) is 8.52. The summed E-state index contributed by atoms with van der Waals surface area (Å²) in [6, 6.07) is 2.13. The lowest BCUT2D eigenvalue weighted by Crippen LogP contribution is -2.21. The van der Waals surface area contributed by atoms with Crippen molar-refractivity contribution in [2.75, 3.05) is 13.2 Å². The summed E-state index contributed by atoms with van der Waals surface area (Å²) in [6.45, 7) is 5.77. The molecule has 0 aliphatic heterocycles. The van der Waals surface area contributed by atoms with Gasteiger partial charge >= 0.3 is 0 Å². The minimum absolute atomic E-state index is 0.0892. The second kappa shape index (κ2) is 7.05. The molecule has 1 N–H and O–H groups in total. The summed E-state index contributed by atoms with van der Waals surface area (Å²) < 4.78 is 7.46. The summed E-state index contributed by atoms with van der Waals surface area (Å²) in [5, 5.41) is 7.71. The van der Waals surface area contributed by atoms with Gasteiger partial charge in [0.2, 0.25) is 0 Å². The van der Waals surface area contributed by atoms with E-state index < -0.39 is 0 Å². The first-order chi connectivity index (χ1) is 9.74. The van der Waals surface area contributed by atoms with Gasteiger partial charge < -0.3 is 10.1 Å². The molecule has 5 nitrogen and oxygen atoms in total. The van der Waals surface area contributed by atoms with Crippen molar-refractivity contribution in [1.82, 2.24) is 20.1 Å². The molecule has 5 heteroatoms. The first kappa shape index (κ1) is 14.5. The van der Waals surface area contributed by atoms with Gasteiger partial charge in [0.25, 0.3) is 0 Å². The van der Waals surface area contributed by atoms with E-state index in [9.17, 15) is 0 Å². The summed E-state index contributed by atoms with van der Waals surface area (Å²) >= 11 is 0. The number of aryl methyl sites for hydroxylation is 1. The number of hydrogen-bond acceptors (Lipinski definition) is 4. The molecule has 0 amide bonds. The molecule has 0 spiro atoms. The van der Waals surface area contributed by atoms with E-state index in [1.54, 1.807) is 6.20 Å². The first-order valence-electron chi connectivity index (χ1n) is 7.04. The number of hydrogen-bond donors (Lipinski definition) is 1. The SMILES string of the molecule is CCCOc1cncc(C(NCC)c2cnn(C)c2)c1. The van der Waals surface area contributed by atoms with E-state index in [2.05, 4.69) is 29.2 Å². The molecular weight excluding hydrogens is 252 g/mol. The van der Waals surface area contributed by atoms with Crippen molar-refractivity contribution in [2.24, 2.45) is 7.05 Å². The summed E-state index contributed by atoms with van der Waals surface area (Å²) in [7, 11) is 1.92. The topological polar surface area (TPSA) is 52.0 Å². The molecule has 2 heterocycles. The highest BCUT2D eigenvalue weighted by molar-refractivity contribution is 5.32. The molecule has 2 aromatic rings. The Morgan fingerprint density at radius 2 is 2.10 bits per heavy atom. The maximum atomic E-state index is 5.65. The number of rotatable bonds is 7. The lowest BCUT2D eigenvalue weighted by atomic mass is 10.0. The highest BCUT2D eigenvalue weighted by Gasteiger charge is 2.15. The molecule has 0 bridgehead atoms. The highest BCUT2D eigenvalue weighted by Crippen LogP contribution is 2.24. The van der Waals surface area contributed by atoms with Gasteiger partial charge in [-0.2, -0.15) is 5.10 Å². The summed E-state index contributed by atoms with van der Waals surface area (Å²) in [5.74, 6) is 0.816. The zero-order valence-electron chi connectivity index (χ0n) is 12.3. The molecule has 0 saturated heterocycles. The maximum Gasteiger partial charge on any atom is 0.137 e. The Bertz CT molecular complexity index is 538. The van der Waals surface area contributed by atoms with Crippen LogP contribution in [-0.2, 0) is 7.05 Å². The van der Waals surface area contributed by atoms with Crippen LogP contribution in [0.1, 0.15) is 37.4 Å². The van der Waals surface area contributed by atoms with Crippen molar-refractivity contribution < 1.29 is 4.74 Å². The monoisotopic (exact) mass is 274 g/mol. The van der Waals surface area contributed by atoms with Gasteiger partial charge in [-0.25, -0.2) is 0 Å². The molecule has 108 valence electrons. The molecule has 0 aliphatic carbocycles. The molecule has 0 fully saturated rings. The molecule has 1 unspecified atom stereocenters. The molecule has 2 aromatic heterocycles. The summed E-state index contributed by atoms with van der Waals surface area (Å²) in [5.41, 5.74) is 2.22. The number of pyridine rings is 1. The molecular formula is C15H22N4O. The van der Waals surface area contributed by atoms with Crippen LogP contribution >= 0.6 is 0 Å². The van der Waals surface area contributed by atoms with Gasteiger partial charge in [-0.15, -0.1) is 0 Å². The van der Waals surface area contributed by atoms with Crippen LogP contribution in [-0.4, -0.2) is 27.9 Å². The zero-order valence-corrected chi connectivity index (χ0v) is 12.3. The number of aromatic nitrogens is 3. The van der Waals surface area contributed by atoms with E-state index in [1.807, 2.05) is 36.4 Å². The number of nitrogens with one attached hydrogen (secondary N) is 1. The Balaban J connectivity index is 2.24. The molecule has 2 rings (SSSR count). The summed E-state index contributed by atoms with van der Waals surface area (Å²) in [4.78, 5) is 4.28. The molecule has 20 heavy (non-hydrogen) atoms. The van der Waals surface area contributed by atoms with Crippen molar-refractivity contribution in [2.45, 2.75) is 26.3 Å². The van der Waals surface area contributed by atoms with E-state index in [1.165, 1.54) is 0 Å². The van der Waals surface area contributed by atoms with Crippen molar-refractivity contribution in [3.63, 3.8) is 0 Å². The zero-order chi connectivity index (χ0) is 14.4. The van der Waals surface area contributed by atoms with Crippen LogP contribution in [0.15, 0.2) is 30.9 Å². The highest BCUT2D eigenvalue weighted by atomic mass is 16.5. The Labute approximate surface area is 120 Å². The van der Waals surface area contributed by atoms with Crippen LogP contribution in [0, 0.1) is 0 Å². The van der Waals surface area contributed by atoms with E-state index in [0.717, 1.165) is 29.8 Å². The van der Waals surface area contributed by atoms with Crippen LogP contribution in [0.25, 0.3) is 0 Å².